The highest BCUT2D eigenvalue weighted by atomic mass is 19.1. The molecule has 0 spiro atoms. The lowest BCUT2D eigenvalue weighted by Crippen LogP contribution is -2.43. The second-order valence-corrected chi connectivity index (χ2v) is 4.85. The quantitative estimate of drug-likeness (QED) is 0.858. The van der Waals surface area contributed by atoms with Gasteiger partial charge in [-0.15, -0.1) is 0 Å². The van der Waals surface area contributed by atoms with Crippen LogP contribution < -0.4 is 0 Å². The van der Waals surface area contributed by atoms with E-state index in [1.165, 1.54) is 12.1 Å². The van der Waals surface area contributed by atoms with Crippen molar-refractivity contribution in [1.82, 2.24) is 0 Å². The molecule has 1 aliphatic rings. The van der Waals surface area contributed by atoms with Crippen molar-refractivity contribution in [3.8, 4) is 0 Å². The summed E-state index contributed by atoms with van der Waals surface area (Å²) in [5.74, 6) is -0.306. The molecule has 17 heavy (non-hydrogen) atoms. The van der Waals surface area contributed by atoms with E-state index in [0.717, 1.165) is 24.8 Å². The van der Waals surface area contributed by atoms with Gasteiger partial charge >= 0.3 is 0 Å². The molecule has 1 aromatic rings. The molecule has 1 N–H and O–H groups in total. The Morgan fingerprint density at radius 3 is 2.88 bits per heavy atom. The van der Waals surface area contributed by atoms with Crippen molar-refractivity contribution in [1.29, 1.82) is 0 Å². The summed E-state index contributed by atoms with van der Waals surface area (Å²) in [7, 11) is 1.61. The fraction of sp³-hybridized carbons (Fsp3) is 0.571. The van der Waals surface area contributed by atoms with Crippen LogP contribution in [0.5, 0.6) is 0 Å². The Morgan fingerprint density at radius 2 is 2.18 bits per heavy atom. The molecule has 0 heterocycles. The molecule has 0 aromatic heterocycles. The first-order valence-corrected chi connectivity index (χ1v) is 6.10. The monoisotopic (exact) mass is 238 g/mol. The number of hydrogen-bond donors (Lipinski definition) is 1. The van der Waals surface area contributed by atoms with Gasteiger partial charge in [-0.25, -0.2) is 4.39 Å². The molecule has 1 fully saturated rings. The fourth-order valence-corrected chi connectivity index (χ4v) is 2.81. The average molecular weight is 238 g/mol. The summed E-state index contributed by atoms with van der Waals surface area (Å²) in [4.78, 5) is 0. The minimum Gasteiger partial charge on any atom is -0.382 e. The molecule has 94 valence electrons. The Hall–Kier alpha value is -0.930. The molecule has 0 radical (unpaired) electrons. The maximum absolute atomic E-state index is 13.4. The van der Waals surface area contributed by atoms with E-state index in [1.54, 1.807) is 13.2 Å². The molecule has 1 aromatic carbocycles. The van der Waals surface area contributed by atoms with Crippen molar-refractivity contribution in [2.24, 2.45) is 0 Å². The summed E-state index contributed by atoms with van der Waals surface area (Å²) in [6.07, 6.45) is 3.22. The first kappa shape index (κ1) is 12.5. The van der Waals surface area contributed by atoms with Crippen LogP contribution >= 0.6 is 0 Å². The van der Waals surface area contributed by atoms with E-state index in [1.807, 2.05) is 6.92 Å². The van der Waals surface area contributed by atoms with Crippen LogP contribution in [0.4, 0.5) is 4.39 Å². The maximum atomic E-state index is 13.4. The molecule has 0 bridgehead atoms. The van der Waals surface area contributed by atoms with Crippen LogP contribution in [0.3, 0.4) is 0 Å². The molecule has 0 saturated heterocycles. The van der Waals surface area contributed by atoms with Gasteiger partial charge < -0.3 is 9.84 Å². The second-order valence-electron chi connectivity index (χ2n) is 4.85. The van der Waals surface area contributed by atoms with Crippen molar-refractivity contribution in [2.45, 2.75) is 44.3 Å². The number of benzene rings is 1. The predicted octanol–water partition coefficient (Wildman–Crippen LogP) is 2.91. The zero-order valence-corrected chi connectivity index (χ0v) is 10.4. The van der Waals surface area contributed by atoms with E-state index in [0.29, 0.717) is 12.0 Å². The molecule has 3 heteroatoms. The van der Waals surface area contributed by atoms with Crippen LogP contribution in [0.25, 0.3) is 0 Å². The first-order chi connectivity index (χ1) is 8.08. The van der Waals surface area contributed by atoms with Crippen molar-refractivity contribution in [2.75, 3.05) is 7.11 Å². The highest BCUT2D eigenvalue weighted by molar-refractivity contribution is 5.33. The second kappa shape index (κ2) is 4.75. The minimum absolute atomic E-state index is 0.239. The largest absolute Gasteiger partial charge is 0.382 e. The van der Waals surface area contributed by atoms with E-state index < -0.39 is 5.60 Å². The number of halogens is 1. The van der Waals surface area contributed by atoms with E-state index in [9.17, 15) is 9.50 Å². The molecular formula is C14H19FO2. The smallest absolute Gasteiger partial charge is 0.123 e. The fourth-order valence-electron chi connectivity index (χ4n) is 2.81. The van der Waals surface area contributed by atoms with Gasteiger partial charge in [-0.2, -0.15) is 0 Å². The highest BCUT2D eigenvalue weighted by Gasteiger charge is 2.41. The molecule has 2 nitrogen and oxygen atoms in total. The first-order valence-electron chi connectivity index (χ1n) is 6.10. The van der Waals surface area contributed by atoms with Crippen LogP contribution in [0, 0.1) is 12.7 Å². The summed E-state index contributed by atoms with van der Waals surface area (Å²) >= 11 is 0. The topological polar surface area (TPSA) is 29.5 Å². The van der Waals surface area contributed by atoms with Gasteiger partial charge in [-0.05, 0) is 43.0 Å². The zero-order chi connectivity index (χ0) is 12.5. The molecular weight excluding hydrogens is 219 g/mol. The number of ether oxygens (including phenoxy) is 1. The van der Waals surface area contributed by atoms with E-state index >= 15 is 0 Å². The van der Waals surface area contributed by atoms with E-state index in [-0.39, 0.29) is 11.9 Å². The molecule has 2 rings (SSSR count). The number of aliphatic hydroxyl groups is 1. The van der Waals surface area contributed by atoms with Crippen LogP contribution in [0.15, 0.2) is 18.2 Å². The zero-order valence-electron chi connectivity index (χ0n) is 10.4. The lowest BCUT2D eigenvalue weighted by Gasteiger charge is -2.40. The summed E-state index contributed by atoms with van der Waals surface area (Å²) in [5, 5.41) is 10.8. The summed E-state index contributed by atoms with van der Waals surface area (Å²) < 4.78 is 18.7. The van der Waals surface area contributed by atoms with Gasteiger partial charge in [-0.3, -0.25) is 0 Å². The molecule has 2 atom stereocenters. The molecule has 1 aliphatic carbocycles. The van der Waals surface area contributed by atoms with Gasteiger partial charge in [0.2, 0.25) is 0 Å². The Kier molecular flexibility index (Phi) is 3.50. The van der Waals surface area contributed by atoms with E-state index in [2.05, 4.69) is 0 Å². The van der Waals surface area contributed by atoms with Crippen molar-refractivity contribution >= 4 is 0 Å². The predicted molar refractivity (Wildman–Crippen MR) is 64.3 cm³/mol. The molecule has 0 aliphatic heterocycles. The number of rotatable bonds is 2. The van der Waals surface area contributed by atoms with Crippen LogP contribution in [-0.4, -0.2) is 18.3 Å². The van der Waals surface area contributed by atoms with Gasteiger partial charge in [0.15, 0.2) is 0 Å². The Labute approximate surface area is 101 Å². The standard InChI is InChI=1S/C14H19FO2/c1-10-6-7-11(15)9-12(10)14(16)8-4-3-5-13(14)17-2/h6-7,9,13,16H,3-5,8H2,1-2H3. The Bertz CT molecular complexity index is 405. The highest BCUT2D eigenvalue weighted by Crippen LogP contribution is 2.40. The third-order valence-corrected chi connectivity index (χ3v) is 3.76. The van der Waals surface area contributed by atoms with Crippen molar-refractivity contribution < 1.29 is 14.2 Å². The Morgan fingerprint density at radius 1 is 1.41 bits per heavy atom. The van der Waals surface area contributed by atoms with Crippen LogP contribution in [-0.2, 0) is 10.3 Å². The minimum atomic E-state index is -1.04. The lowest BCUT2D eigenvalue weighted by molar-refractivity contribution is -0.123. The van der Waals surface area contributed by atoms with Crippen molar-refractivity contribution in [3.63, 3.8) is 0 Å². The third kappa shape index (κ3) is 2.22. The molecule has 2 unspecified atom stereocenters. The average Bonchev–Trinajstić information content (AvgIpc) is 2.33. The van der Waals surface area contributed by atoms with Crippen LogP contribution in [0.1, 0.15) is 36.8 Å². The normalized spacial score (nSPS) is 29.3. The molecule has 1 saturated carbocycles. The lowest BCUT2D eigenvalue weighted by atomic mass is 9.76. The summed E-state index contributed by atoms with van der Waals surface area (Å²) in [6, 6.07) is 4.57. The Balaban J connectivity index is 2.44. The molecule has 0 amide bonds. The van der Waals surface area contributed by atoms with Gasteiger partial charge in [0.1, 0.15) is 11.4 Å². The maximum Gasteiger partial charge on any atom is 0.123 e. The van der Waals surface area contributed by atoms with Gasteiger partial charge in [-0.1, -0.05) is 18.9 Å². The number of methoxy groups -OCH3 is 1. The number of aryl methyl sites for hydroxylation is 1. The number of hydrogen-bond acceptors (Lipinski definition) is 2. The third-order valence-electron chi connectivity index (χ3n) is 3.76. The summed E-state index contributed by atoms with van der Waals surface area (Å²) in [6.45, 7) is 1.90. The SMILES string of the molecule is COC1CCCCC1(O)c1cc(F)ccc1C. The van der Waals surface area contributed by atoms with Crippen molar-refractivity contribution in [3.05, 3.63) is 35.1 Å². The van der Waals surface area contributed by atoms with Gasteiger partial charge in [0, 0.05) is 7.11 Å². The van der Waals surface area contributed by atoms with E-state index in [4.69, 9.17) is 4.74 Å². The van der Waals surface area contributed by atoms with Gasteiger partial charge in [0.25, 0.3) is 0 Å². The summed E-state index contributed by atoms with van der Waals surface area (Å²) in [5.41, 5.74) is 0.543. The van der Waals surface area contributed by atoms with Crippen LogP contribution in [0.2, 0.25) is 0 Å². The van der Waals surface area contributed by atoms with Gasteiger partial charge in [0.05, 0.1) is 6.10 Å².